The first-order valence-corrected chi connectivity index (χ1v) is 8.07. The number of benzene rings is 2. The van der Waals surface area contributed by atoms with E-state index in [0.717, 1.165) is 15.6 Å². The van der Waals surface area contributed by atoms with Gasteiger partial charge < -0.3 is 10.2 Å². The molecule has 2 aromatic carbocycles. The summed E-state index contributed by atoms with van der Waals surface area (Å²) in [6, 6.07) is 13.1. The van der Waals surface area contributed by atoms with E-state index in [1.807, 2.05) is 56.3 Å². The number of amides is 2. The Morgan fingerprint density at radius 3 is 2.30 bits per heavy atom. The first kappa shape index (κ1) is 17.2. The smallest absolute Gasteiger partial charge is 0.244 e. The number of anilines is 2. The Balaban J connectivity index is 2.10. The maximum absolute atomic E-state index is 12.2. The predicted molar refractivity (Wildman–Crippen MR) is 96.7 cm³/mol. The van der Waals surface area contributed by atoms with Gasteiger partial charge in [-0.2, -0.15) is 0 Å². The molecule has 2 rings (SSSR count). The van der Waals surface area contributed by atoms with E-state index in [1.165, 1.54) is 11.8 Å². The van der Waals surface area contributed by atoms with Crippen LogP contribution in [0, 0.1) is 13.8 Å². The lowest BCUT2D eigenvalue weighted by Gasteiger charge is -2.21. The van der Waals surface area contributed by atoms with Crippen molar-refractivity contribution in [3.8, 4) is 0 Å². The Bertz CT molecular complexity index is 726. The van der Waals surface area contributed by atoms with E-state index in [9.17, 15) is 9.59 Å². The van der Waals surface area contributed by atoms with Gasteiger partial charge in [-0.1, -0.05) is 33.6 Å². The maximum Gasteiger partial charge on any atom is 0.244 e. The maximum atomic E-state index is 12.2. The van der Waals surface area contributed by atoms with Gasteiger partial charge in [0.25, 0.3) is 0 Å². The molecule has 0 aliphatic carbocycles. The van der Waals surface area contributed by atoms with Crippen LogP contribution in [0.2, 0.25) is 0 Å². The van der Waals surface area contributed by atoms with Crippen LogP contribution in [0.25, 0.3) is 0 Å². The number of hydrogen-bond acceptors (Lipinski definition) is 2. The first-order chi connectivity index (χ1) is 10.9. The SMILES string of the molecule is CC(=O)N(CC(=O)Nc1ccc(Br)c(C)c1)c1ccc(C)cc1. The van der Waals surface area contributed by atoms with Gasteiger partial charge in [-0.25, -0.2) is 0 Å². The van der Waals surface area contributed by atoms with Crippen molar-refractivity contribution in [1.29, 1.82) is 0 Å². The van der Waals surface area contributed by atoms with Crippen LogP contribution in [0.15, 0.2) is 46.9 Å². The molecular formula is C18H19BrN2O2. The third-order valence-electron chi connectivity index (χ3n) is 3.47. The summed E-state index contributed by atoms with van der Waals surface area (Å²) in [6.07, 6.45) is 0. The standard InChI is InChI=1S/C18H19BrN2O2/c1-12-4-7-16(8-5-12)21(14(3)22)11-18(23)20-15-6-9-17(19)13(2)10-15/h4-10H,11H2,1-3H3,(H,20,23). The summed E-state index contributed by atoms with van der Waals surface area (Å²) in [7, 11) is 0. The van der Waals surface area contributed by atoms with E-state index in [4.69, 9.17) is 0 Å². The molecule has 4 nitrogen and oxygen atoms in total. The number of rotatable bonds is 4. The molecular weight excluding hydrogens is 356 g/mol. The minimum Gasteiger partial charge on any atom is -0.325 e. The molecule has 5 heteroatoms. The molecule has 0 aliphatic heterocycles. The Kier molecular flexibility index (Phi) is 5.55. The zero-order chi connectivity index (χ0) is 17.0. The molecule has 2 aromatic rings. The summed E-state index contributed by atoms with van der Waals surface area (Å²) in [6.45, 7) is 5.36. The average Bonchev–Trinajstić information content (AvgIpc) is 2.49. The molecule has 0 bridgehead atoms. The monoisotopic (exact) mass is 374 g/mol. The molecule has 0 radical (unpaired) electrons. The summed E-state index contributed by atoms with van der Waals surface area (Å²) in [4.78, 5) is 25.6. The van der Waals surface area contributed by atoms with Crippen molar-refractivity contribution in [1.82, 2.24) is 0 Å². The van der Waals surface area contributed by atoms with Crippen molar-refractivity contribution in [2.75, 3.05) is 16.8 Å². The van der Waals surface area contributed by atoms with E-state index in [1.54, 1.807) is 0 Å². The molecule has 0 aromatic heterocycles. The highest BCUT2D eigenvalue weighted by Crippen LogP contribution is 2.20. The lowest BCUT2D eigenvalue weighted by atomic mass is 10.2. The molecule has 120 valence electrons. The quantitative estimate of drug-likeness (QED) is 0.876. The summed E-state index contributed by atoms with van der Waals surface area (Å²) in [5.74, 6) is -0.404. The second-order valence-electron chi connectivity index (χ2n) is 5.45. The van der Waals surface area contributed by atoms with Crippen LogP contribution in [-0.4, -0.2) is 18.4 Å². The molecule has 0 heterocycles. The number of halogens is 1. The van der Waals surface area contributed by atoms with E-state index in [-0.39, 0.29) is 18.4 Å². The number of hydrogen-bond donors (Lipinski definition) is 1. The minimum atomic E-state index is -0.234. The van der Waals surface area contributed by atoms with Gasteiger partial charge in [0, 0.05) is 22.8 Å². The Morgan fingerprint density at radius 2 is 1.74 bits per heavy atom. The second-order valence-corrected chi connectivity index (χ2v) is 6.31. The average molecular weight is 375 g/mol. The number of carbonyl (C=O) groups is 2. The summed E-state index contributed by atoms with van der Waals surface area (Å²) >= 11 is 3.43. The van der Waals surface area contributed by atoms with Gasteiger partial charge in [-0.05, 0) is 49.7 Å². The normalized spacial score (nSPS) is 10.3. The molecule has 2 amide bonds. The van der Waals surface area contributed by atoms with Crippen molar-refractivity contribution in [2.45, 2.75) is 20.8 Å². The zero-order valence-corrected chi connectivity index (χ0v) is 15.0. The molecule has 0 fully saturated rings. The number of carbonyl (C=O) groups excluding carboxylic acids is 2. The molecule has 0 atom stereocenters. The molecule has 0 unspecified atom stereocenters. The van der Waals surface area contributed by atoms with Crippen LogP contribution in [0.5, 0.6) is 0 Å². The van der Waals surface area contributed by atoms with E-state index in [2.05, 4.69) is 21.2 Å². The van der Waals surface area contributed by atoms with Crippen molar-refractivity contribution in [3.05, 3.63) is 58.1 Å². The lowest BCUT2D eigenvalue weighted by molar-refractivity contribution is -0.120. The van der Waals surface area contributed by atoms with E-state index < -0.39 is 0 Å². The van der Waals surface area contributed by atoms with Gasteiger partial charge in [-0.3, -0.25) is 9.59 Å². The van der Waals surface area contributed by atoms with Gasteiger partial charge in [-0.15, -0.1) is 0 Å². The molecule has 1 N–H and O–H groups in total. The minimum absolute atomic E-state index is 0.0203. The molecule has 0 aliphatic rings. The summed E-state index contributed by atoms with van der Waals surface area (Å²) < 4.78 is 0.987. The van der Waals surface area contributed by atoms with Crippen LogP contribution in [0.3, 0.4) is 0 Å². The number of aryl methyl sites for hydroxylation is 2. The molecule has 23 heavy (non-hydrogen) atoms. The highest BCUT2D eigenvalue weighted by Gasteiger charge is 2.16. The molecule has 0 spiro atoms. The summed E-state index contributed by atoms with van der Waals surface area (Å²) in [5, 5.41) is 2.82. The van der Waals surface area contributed by atoms with Gasteiger partial charge >= 0.3 is 0 Å². The van der Waals surface area contributed by atoms with Crippen molar-refractivity contribution < 1.29 is 9.59 Å². The second kappa shape index (κ2) is 7.42. The van der Waals surface area contributed by atoms with Crippen LogP contribution in [0.1, 0.15) is 18.1 Å². The van der Waals surface area contributed by atoms with Gasteiger partial charge in [0.2, 0.25) is 11.8 Å². The molecule has 0 saturated heterocycles. The molecule has 0 saturated carbocycles. The topological polar surface area (TPSA) is 49.4 Å². The summed E-state index contributed by atoms with van der Waals surface area (Å²) in [5.41, 5.74) is 3.56. The van der Waals surface area contributed by atoms with E-state index >= 15 is 0 Å². The van der Waals surface area contributed by atoms with Crippen LogP contribution in [-0.2, 0) is 9.59 Å². The Labute approximate surface area is 144 Å². The third-order valence-corrected chi connectivity index (χ3v) is 4.36. The number of nitrogens with one attached hydrogen (secondary N) is 1. The highest BCUT2D eigenvalue weighted by molar-refractivity contribution is 9.10. The zero-order valence-electron chi connectivity index (χ0n) is 13.4. The first-order valence-electron chi connectivity index (χ1n) is 7.27. The lowest BCUT2D eigenvalue weighted by Crippen LogP contribution is -2.36. The fourth-order valence-corrected chi connectivity index (χ4v) is 2.42. The Morgan fingerprint density at radius 1 is 1.09 bits per heavy atom. The fourth-order valence-electron chi connectivity index (χ4n) is 2.18. The number of nitrogens with zero attached hydrogens (tertiary/aromatic N) is 1. The highest BCUT2D eigenvalue weighted by atomic mass is 79.9. The third kappa shape index (κ3) is 4.66. The van der Waals surface area contributed by atoms with E-state index in [0.29, 0.717) is 11.4 Å². The fraction of sp³-hybridized carbons (Fsp3) is 0.222. The predicted octanol–water partition coefficient (Wildman–Crippen LogP) is 4.06. The van der Waals surface area contributed by atoms with Crippen LogP contribution >= 0.6 is 15.9 Å². The van der Waals surface area contributed by atoms with Gasteiger partial charge in [0.1, 0.15) is 6.54 Å². The Hall–Kier alpha value is -2.14. The van der Waals surface area contributed by atoms with Crippen molar-refractivity contribution in [2.24, 2.45) is 0 Å². The largest absolute Gasteiger partial charge is 0.325 e. The van der Waals surface area contributed by atoms with Crippen LogP contribution < -0.4 is 10.2 Å². The van der Waals surface area contributed by atoms with Gasteiger partial charge in [0.05, 0.1) is 0 Å². The van der Waals surface area contributed by atoms with Crippen molar-refractivity contribution >= 4 is 39.1 Å². The van der Waals surface area contributed by atoms with Crippen LogP contribution in [0.4, 0.5) is 11.4 Å². The van der Waals surface area contributed by atoms with Crippen molar-refractivity contribution in [3.63, 3.8) is 0 Å². The van der Waals surface area contributed by atoms with Gasteiger partial charge in [0.15, 0.2) is 0 Å².